The van der Waals surface area contributed by atoms with Crippen LogP contribution in [0.4, 0.5) is 0 Å². The number of esters is 1. The van der Waals surface area contributed by atoms with Crippen LogP contribution in [-0.4, -0.2) is 29.7 Å². The first-order chi connectivity index (χ1) is 6.77. The summed E-state index contributed by atoms with van der Waals surface area (Å²) >= 11 is 0. The van der Waals surface area contributed by atoms with Gasteiger partial charge in [-0.2, -0.15) is 0 Å². The number of carbonyl (C=O) groups is 1. The normalized spacial score (nSPS) is 8.86. The number of aromatic nitrogens is 2. The Hall–Kier alpha value is -2.09. The molecule has 0 bridgehead atoms. The lowest BCUT2D eigenvalue weighted by Crippen LogP contribution is -2.05. The summed E-state index contributed by atoms with van der Waals surface area (Å²) < 4.78 is 9.40. The van der Waals surface area contributed by atoms with E-state index in [1.54, 1.807) is 0 Å². The molecule has 0 aromatic carbocycles. The van der Waals surface area contributed by atoms with Crippen LogP contribution in [0.1, 0.15) is 10.5 Å². The van der Waals surface area contributed by atoms with Gasteiger partial charge in [-0.15, -0.1) is 6.42 Å². The Balaban J connectivity index is 2.69. The minimum Gasteiger partial charge on any atom is -0.464 e. The molecule has 0 saturated heterocycles. The highest BCUT2D eigenvalue weighted by atomic mass is 16.5. The van der Waals surface area contributed by atoms with E-state index in [4.69, 9.17) is 11.2 Å². The molecule has 5 heteroatoms. The van der Waals surface area contributed by atoms with E-state index in [2.05, 4.69) is 20.6 Å². The molecule has 0 aliphatic rings. The molecule has 0 unspecified atom stereocenters. The zero-order valence-electron chi connectivity index (χ0n) is 7.56. The summed E-state index contributed by atoms with van der Waals surface area (Å²) in [7, 11) is 1.27. The first-order valence-corrected chi connectivity index (χ1v) is 3.74. The van der Waals surface area contributed by atoms with Crippen molar-refractivity contribution in [3.05, 3.63) is 18.1 Å². The Kier molecular flexibility index (Phi) is 3.44. The van der Waals surface area contributed by atoms with Crippen molar-refractivity contribution in [2.45, 2.75) is 0 Å². The van der Waals surface area contributed by atoms with Gasteiger partial charge in [0.25, 0.3) is 0 Å². The van der Waals surface area contributed by atoms with Crippen molar-refractivity contribution in [2.24, 2.45) is 0 Å². The third-order valence-corrected chi connectivity index (χ3v) is 1.33. The summed E-state index contributed by atoms with van der Waals surface area (Å²) in [4.78, 5) is 18.5. The van der Waals surface area contributed by atoms with Crippen LogP contribution in [0.15, 0.2) is 12.4 Å². The molecule has 0 N–H and O–H groups in total. The summed E-state index contributed by atoms with van der Waals surface area (Å²) in [5.74, 6) is 2.02. The van der Waals surface area contributed by atoms with Crippen molar-refractivity contribution in [1.82, 2.24) is 9.97 Å². The maximum atomic E-state index is 10.9. The number of ether oxygens (including phenoxy) is 2. The monoisotopic (exact) mass is 192 g/mol. The summed E-state index contributed by atoms with van der Waals surface area (Å²) in [6.45, 7) is 0.117. The van der Waals surface area contributed by atoms with Crippen molar-refractivity contribution >= 4 is 5.97 Å². The number of methoxy groups -OCH3 is 1. The summed E-state index contributed by atoms with van der Waals surface area (Å²) in [5, 5.41) is 0. The molecule has 0 aliphatic heterocycles. The van der Waals surface area contributed by atoms with E-state index in [9.17, 15) is 4.79 Å². The topological polar surface area (TPSA) is 61.3 Å². The van der Waals surface area contributed by atoms with Crippen LogP contribution in [0.5, 0.6) is 5.88 Å². The van der Waals surface area contributed by atoms with Gasteiger partial charge in [0.05, 0.1) is 19.5 Å². The van der Waals surface area contributed by atoms with E-state index in [0.717, 1.165) is 0 Å². The number of hydrogen-bond acceptors (Lipinski definition) is 5. The van der Waals surface area contributed by atoms with Crippen LogP contribution >= 0.6 is 0 Å². The number of terminal acetylenes is 1. The van der Waals surface area contributed by atoms with Gasteiger partial charge in [-0.1, -0.05) is 5.92 Å². The van der Waals surface area contributed by atoms with Crippen molar-refractivity contribution in [1.29, 1.82) is 0 Å². The molecule has 0 saturated carbocycles. The molecule has 1 aromatic heterocycles. The fraction of sp³-hybridized carbons (Fsp3) is 0.222. The molecular weight excluding hydrogens is 184 g/mol. The Morgan fingerprint density at radius 3 is 2.86 bits per heavy atom. The Bertz CT molecular complexity index is 353. The molecule has 0 atom stereocenters. The van der Waals surface area contributed by atoms with Crippen LogP contribution in [0.25, 0.3) is 0 Å². The SMILES string of the molecule is C#CCOc1cnc(C(=O)OC)cn1. The van der Waals surface area contributed by atoms with Crippen LogP contribution in [-0.2, 0) is 4.74 Å². The van der Waals surface area contributed by atoms with Crippen molar-refractivity contribution in [3.8, 4) is 18.2 Å². The maximum Gasteiger partial charge on any atom is 0.358 e. The summed E-state index contributed by atoms with van der Waals surface area (Å²) in [6.07, 6.45) is 7.55. The standard InChI is InChI=1S/C9H8N2O3/c1-3-4-14-8-6-10-7(5-11-8)9(12)13-2/h1,5-6H,4H2,2H3. The molecule has 0 amide bonds. The van der Waals surface area contributed by atoms with Crippen LogP contribution in [0.2, 0.25) is 0 Å². The van der Waals surface area contributed by atoms with Crippen molar-refractivity contribution in [2.75, 3.05) is 13.7 Å². The highest BCUT2D eigenvalue weighted by Gasteiger charge is 2.07. The van der Waals surface area contributed by atoms with Gasteiger partial charge in [-0.05, 0) is 0 Å². The quantitative estimate of drug-likeness (QED) is 0.508. The largest absolute Gasteiger partial charge is 0.464 e. The summed E-state index contributed by atoms with van der Waals surface area (Å²) in [5.41, 5.74) is 0.126. The molecule has 5 nitrogen and oxygen atoms in total. The zero-order chi connectivity index (χ0) is 10.4. The van der Waals surface area contributed by atoms with Gasteiger partial charge in [0.1, 0.15) is 0 Å². The van der Waals surface area contributed by atoms with E-state index in [0.29, 0.717) is 0 Å². The highest BCUT2D eigenvalue weighted by molar-refractivity contribution is 5.86. The highest BCUT2D eigenvalue weighted by Crippen LogP contribution is 2.04. The van der Waals surface area contributed by atoms with Crippen molar-refractivity contribution < 1.29 is 14.3 Å². The third kappa shape index (κ3) is 2.45. The van der Waals surface area contributed by atoms with E-state index in [1.807, 2.05) is 0 Å². The molecule has 14 heavy (non-hydrogen) atoms. The molecule has 72 valence electrons. The second-order valence-corrected chi connectivity index (χ2v) is 2.22. The smallest absolute Gasteiger partial charge is 0.358 e. The predicted molar refractivity (Wildman–Crippen MR) is 47.7 cm³/mol. The van der Waals surface area contributed by atoms with E-state index in [-0.39, 0.29) is 18.2 Å². The number of hydrogen-bond donors (Lipinski definition) is 0. The first kappa shape index (κ1) is 9.99. The minimum absolute atomic E-state index is 0.117. The van der Waals surface area contributed by atoms with Crippen molar-refractivity contribution in [3.63, 3.8) is 0 Å². The van der Waals surface area contributed by atoms with E-state index >= 15 is 0 Å². The molecule has 0 aliphatic carbocycles. The van der Waals surface area contributed by atoms with Gasteiger partial charge >= 0.3 is 5.97 Å². The van der Waals surface area contributed by atoms with Gasteiger partial charge in [0.15, 0.2) is 12.3 Å². The fourth-order valence-electron chi connectivity index (χ4n) is 0.716. The molecular formula is C9H8N2O3. The second kappa shape index (κ2) is 4.82. The van der Waals surface area contributed by atoms with Gasteiger partial charge in [0.2, 0.25) is 5.88 Å². The molecule has 1 heterocycles. The van der Waals surface area contributed by atoms with Gasteiger partial charge in [-0.3, -0.25) is 0 Å². The first-order valence-electron chi connectivity index (χ1n) is 3.74. The summed E-state index contributed by atoms with van der Waals surface area (Å²) in [6, 6.07) is 0. The van der Waals surface area contributed by atoms with Crippen LogP contribution in [0, 0.1) is 12.3 Å². The number of rotatable bonds is 3. The van der Waals surface area contributed by atoms with Gasteiger partial charge in [0, 0.05) is 0 Å². The average molecular weight is 192 g/mol. The molecule has 0 radical (unpaired) electrons. The van der Waals surface area contributed by atoms with Crippen LogP contribution in [0.3, 0.4) is 0 Å². The Labute approximate surface area is 81.1 Å². The molecule has 1 aromatic rings. The second-order valence-electron chi connectivity index (χ2n) is 2.22. The molecule has 0 spiro atoms. The minimum atomic E-state index is -0.541. The predicted octanol–water partition coefficient (Wildman–Crippen LogP) is 0.275. The lowest BCUT2D eigenvalue weighted by atomic mass is 10.4. The maximum absolute atomic E-state index is 10.9. The Morgan fingerprint density at radius 2 is 2.36 bits per heavy atom. The van der Waals surface area contributed by atoms with E-state index in [1.165, 1.54) is 19.5 Å². The average Bonchev–Trinajstić information content (AvgIpc) is 2.26. The number of carbonyl (C=O) groups excluding carboxylic acids is 1. The molecule has 0 fully saturated rings. The Morgan fingerprint density at radius 1 is 1.57 bits per heavy atom. The van der Waals surface area contributed by atoms with Gasteiger partial charge in [-0.25, -0.2) is 14.8 Å². The van der Waals surface area contributed by atoms with E-state index < -0.39 is 5.97 Å². The zero-order valence-corrected chi connectivity index (χ0v) is 7.56. The lowest BCUT2D eigenvalue weighted by molar-refractivity contribution is 0.0593. The molecule has 1 rings (SSSR count). The lowest BCUT2D eigenvalue weighted by Gasteiger charge is -2.00. The van der Waals surface area contributed by atoms with Crippen LogP contribution < -0.4 is 4.74 Å². The third-order valence-electron chi connectivity index (χ3n) is 1.33. The number of nitrogens with zero attached hydrogens (tertiary/aromatic N) is 2. The fourth-order valence-corrected chi connectivity index (χ4v) is 0.716. The van der Waals surface area contributed by atoms with Gasteiger partial charge < -0.3 is 9.47 Å².